The lowest BCUT2D eigenvalue weighted by Gasteiger charge is -2.15. The van der Waals surface area contributed by atoms with Crippen molar-refractivity contribution in [1.82, 2.24) is 0 Å². The van der Waals surface area contributed by atoms with Crippen molar-refractivity contribution in [3.63, 3.8) is 0 Å². The Morgan fingerprint density at radius 2 is 2.00 bits per heavy atom. The fourth-order valence-corrected chi connectivity index (χ4v) is 2.06. The van der Waals surface area contributed by atoms with E-state index >= 15 is 0 Å². The minimum absolute atomic E-state index is 0.243. The SMILES string of the molecule is COc1ccc(NCC(O)c2ccccc2F)cc1C. The molecule has 20 heavy (non-hydrogen) atoms. The van der Waals surface area contributed by atoms with E-state index in [2.05, 4.69) is 5.32 Å². The molecule has 106 valence electrons. The highest BCUT2D eigenvalue weighted by Crippen LogP contribution is 2.22. The smallest absolute Gasteiger partial charge is 0.129 e. The third-order valence-corrected chi connectivity index (χ3v) is 3.16. The van der Waals surface area contributed by atoms with Gasteiger partial charge in [0, 0.05) is 17.8 Å². The first-order valence-corrected chi connectivity index (χ1v) is 6.43. The summed E-state index contributed by atoms with van der Waals surface area (Å²) in [5.74, 6) is 0.415. The van der Waals surface area contributed by atoms with Gasteiger partial charge in [0.15, 0.2) is 0 Å². The monoisotopic (exact) mass is 275 g/mol. The third kappa shape index (κ3) is 3.27. The lowest BCUT2D eigenvalue weighted by molar-refractivity contribution is 0.186. The van der Waals surface area contributed by atoms with Crippen molar-refractivity contribution in [2.45, 2.75) is 13.0 Å². The van der Waals surface area contributed by atoms with Crippen molar-refractivity contribution < 1.29 is 14.2 Å². The Balaban J connectivity index is 2.02. The molecule has 0 aromatic heterocycles. The molecule has 1 unspecified atom stereocenters. The van der Waals surface area contributed by atoms with E-state index in [-0.39, 0.29) is 6.54 Å². The average molecular weight is 275 g/mol. The molecule has 1 atom stereocenters. The highest BCUT2D eigenvalue weighted by atomic mass is 19.1. The number of aliphatic hydroxyl groups excluding tert-OH is 1. The molecule has 2 rings (SSSR count). The molecule has 2 aromatic carbocycles. The molecule has 0 bridgehead atoms. The maximum Gasteiger partial charge on any atom is 0.129 e. The van der Waals surface area contributed by atoms with Crippen LogP contribution in [0.3, 0.4) is 0 Å². The molecule has 0 saturated carbocycles. The number of halogens is 1. The van der Waals surface area contributed by atoms with E-state index in [0.717, 1.165) is 17.0 Å². The lowest BCUT2D eigenvalue weighted by Crippen LogP contribution is -2.13. The van der Waals surface area contributed by atoms with E-state index < -0.39 is 11.9 Å². The average Bonchev–Trinajstić information content (AvgIpc) is 2.45. The van der Waals surface area contributed by atoms with Crippen LogP contribution in [0.5, 0.6) is 5.75 Å². The Kier molecular flexibility index (Phi) is 4.58. The van der Waals surface area contributed by atoms with Gasteiger partial charge in [-0.05, 0) is 36.8 Å². The van der Waals surface area contributed by atoms with Crippen LogP contribution in [-0.4, -0.2) is 18.8 Å². The van der Waals surface area contributed by atoms with Gasteiger partial charge in [0.25, 0.3) is 0 Å². The molecule has 0 aliphatic rings. The van der Waals surface area contributed by atoms with E-state index in [1.54, 1.807) is 25.3 Å². The Morgan fingerprint density at radius 3 is 2.65 bits per heavy atom. The number of rotatable bonds is 5. The number of aryl methyl sites for hydroxylation is 1. The van der Waals surface area contributed by atoms with Crippen LogP contribution in [0.1, 0.15) is 17.2 Å². The van der Waals surface area contributed by atoms with Crippen molar-refractivity contribution in [2.24, 2.45) is 0 Å². The molecule has 0 amide bonds. The summed E-state index contributed by atoms with van der Waals surface area (Å²) in [5.41, 5.74) is 2.15. The number of methoxy groups -OCH3 is 1. The normalized spacial score (nSPS) is 12.0. The molecule has 2 N–H and O–H groups in total. The van der Waals surface area contributed by atoms with E-state index in [0.29, 0.717) is 5.56 Å². The Bertz CT molecular complexity index is 586. The van der Waals surface area contributed by atoms with Gasteiger partial charge < -0.3 is 15.2 Å². The molecule has 0 spiro atoms. The lowest BCUT2D eigenvalue weighted by atomic mass is 10.1. The molecule has 0 saturated heterocycles. The Labute approximate surface area is 118 Å². The number of nitrogens with one attached hydrogen (secondary N) is 1. The highest BCUT2D eigenvalue weighted by Gasteiger charge is 2.11. The molecule has 0 radical (unpaired) electrons. The number of ether oxygens (including phenoxy) is 1. The first-order valence-electron chi connectivity index (χ1n) is 6.43. The summed E-state index contributed by atoms with van der Waals surface area (Å²) in [4.78, 5) is 0. The number of hydrogen-bond acceptors (Lipinski definition) is 3. The largest absolute Gasteiger partial charge is 0.496 e. The summed E-state index contributed by atoms with van der Waals surface area (Å²) in [6.07, 6.45) is -0.890. The maximum absolute atomic E-state index is 13.5. The second-order valence-corrected chi connectivity index (χ2v) is 4.60. The van der Waals surface area contributed by atoms with Crippen LogP contribution in [-0.2, 0) is 0 Å². The third-order valence-electron chi connectivity index (χ3n) is 3.16. The van der Waals surface area contributed by atoms with Crippen LogP contribution in [0.15, 0.2) is 42.5 Å². The van der Waals surface area contributed by atoms with Crippen molar-refractivity contribution in [2.75, 3.05) is 19.0 Å². The second kappa shape index (κ2) is 6.39. The molecule has 0 fully saturated rings. The van der Waals surface area contributed by atoms with Gasteiger partial charge in [-0.25, -0.2) is 4.39 Å². The standard InChI is InChI=1S/C16H18FNO2/c1-11-9-12(7-8-16(11)20-2)18-10-15(19)13-5-3-4-6-14(13)17/h3-9,15,18-19H,10H2,1-2H3. The molecule has 4 heteroatoms. The van der Waals surface area contributed by atoms with Gasteiger partial charge in [-0.1, -0.05) is 18.2 Å². The minimum atomic E-state index is -0.890. The molecule has 3 nitrogen and oxygen atoms in total. The van der Waals surface area contributed by atoms with Crippen molar-refractivity contribution >= 4 is 5.69 Å². The van der Waals surface area contributed by atoms with Crippen LogP contribution in [0, 0.1) is 12.7 Å². The van der Waals surface area contributed by atoms with Gasteiger partial charge >= 0.3 is 0 Å². The number of anilines is 1. The second-order valence-electron chi connectivity index (χ2n) is 4.60. The molecular formula is C16H18FNO2. The summed E-state index contributed by atoms with van der Waals surface area (Å²) in [7, 11) is 1.62. The zero-order valence-corrected chi connectivity index (χ0v) is 11.6. The van der Waals surface area contributed by atoms with Crippen LogP contribution in [0.4, 0.5) is 10.1 Å². The zero-order valence-electron chi connectivity index (χ0n) is 11.6. The summed E-state index contributed by atoms with van der Waals surface area (Å²) in [6.45, 7) is 2.18. The number of aliphatic hydroxyl groups is 1. The van der Waals surface area contributed by atoms with E-state index in [4.69, 9.17) is 4.74 Å². The Morgan fingerprint density at radius 1 is 1.25 bits per heavy atom. The van der Waals surface area contributed by atoms with Gasteiger partial charge in [0.2, 0.25) is 0 Å². The van der Waals surface area contributed by atoms with Crippen LogP contribution >= 0.6 is 0 Å². The summed E-state index contributed by atoms with van der Waals surface area (Å²) in [5, 5.41) is 13.1. The first-order chi connectivity index (χ1) is 9.61. The van der Waals surface area contributed by atoms with Crippen LogP contribution in [0.25, 0.3) is 0 Å². The van der Waals surface area contributed by atoms with E-state index in [9.17, 15) is 9.50 Å². The highest BCUT2D eigenvalue weighted by molar-refractivity contribution is 5.50. The predicted molar refractivity (Wildman–Crippen MR) is 77.6 cm³/mol. The fourth-order valence-electron chi connectivity index (χ4n) is 2.06. The minimum Gasteiger partial charge on any atom is -0.496 e. The Hall–Kier alpha value is -2.07. The quantitative estimate of drug-likeness (QED) is 0.879. The predicted octanol–water partition coefficient (Wildman–Crippen LogP) is 3.29. The maximum atomic E-state index is 13.5. The topological polar surface area (TPSA) is 41.5 Å². The zero-order chi connectivity index (χ0) is 14.5. The van der Waals surface area contributed by atoms with Crippen LogP contribution < -0.4 is 10.1 Å². The fraction of sp³-hybridized carbons (Fsp3) is 0.250. The van der Waals surface area contributed by atoms with Crippen molar-refractivity contribution in [3.05, 3.63) is 59.4 Å². The van der Waals surface area contributed by atoms with Gasteiger partial charge in [-0.15, -0.1) is 0 Å². The molecule has 2 aromatic rings. The first kappa shape index (κ1) is 14.3. The van der Waals surface area contributed by atoms with Crippen LogP contribution in [0.2, 0.25) is 0 Å². The molecule has 0 aliphatic heterocycles. The molecule has 0 aliphatic carbocycles. The van der Waals surface area contributed by atoms with E-state index in [1.807, 2.05) is 25.1 Å². The van der Waals surface area contributed by atoms with Gasteiger partial charge in [0.1, 0.15) is 11.6 Å². The summed E-state index contributed by atoms with van der Waals surface area (Å²) in [6, 6.07) is 11.9. The van der Waals surface area contributed by atoms with Crippen molar-refractivity contribution in [3.8, 4) is 5.75 Å². The van der Waals surface area contributed by atoms with Crippen molar-refractivity contribution in [1.29, 1.82) is 0 Å². The van der Waals surface area contributed by atoms with Gasteiger partial charge in [-0.3, -0.25) is 0 Å². The number of benzene rings is 2. The van der Waals surface area contributed by atoms with E-state index in [1.165, 1.54) is 6.07 Å². The molecule has 0 heterocycles. The van der Waals surface area contributed by atoms with Gasteiger partial charge in [0.05, 0.1) is 13.2 Å². The number of hydrogen-bond donors (Lipinski definition) is 2. The molecular weight excluding hydrogens is 257 g/mol. The summed E-state index contributed by atoms with van der Waals surface area (Å²) < 4.78 is 18.7. The van der Waals surface area contributed by atoms with Gasteiger partial charge in [-0.2, -0.15) is 0 Å². The summed E-state index contributed by atoms with van der Waals surface area (Å²) >= 11 is 0.